The Hall–Kier alpha value is -2.60. The van der Waals surface area contributed by atoms with Gasteiger partial charge in [0.05, 0.1) is 18.7 Å². The van der Waals surface area contributed by atoms with Gasteiger partial charge < -0.3 is 4.74 Å². The van der Waals surface area contributed by atoms with E-state index in [1.807, 2.05) is 13.8 Å². The van der Waals surface area contributed by atoms with Gasteiger partial charge in [0.2, 0.25) is 0 Å². The zero-order valence-corrected chi connectivity index (χ0v) is 14.9. The monoisotopic (exact) mass is 359 g/mol. The highest BCUT2D eigenvalue weighted by molar-refractivity contribution is 6.31. The minimum absolute atomic E-state index is 0.0828. The Labute approximate surface area is 151 Å². The van der Waals surface area contributed by atoms with Gasteiger partial charge in [0, 0.05) is 29.0 Å². The summed E-state index contributed by atoms with van der Waals surface area (Å²) < 4.78 is 4.75. The van der Waals surface area contributed by atoms with Crippen molar-refractivity contribution in [1.29, 1.82) is 0 Å². The minimum atomic E-state index is -0.439. The molecule has 0 aliphatic carbocycles. The fourth-order valence-electron chi connectivity index (χ4n) is 2.96. The summed E-state index contributed by atoms with van der Waals surface area (Å²) in [4.78, 5) is 32.3. The molecule has 0 radical (unpaired) electrons. The number of carbonyl (C=O) groups is 2. The Bertz CT molecular complexity index is 840. The van der Waals surface area contributed by atoms with Gasteiger partial charge in [-0.25, -0.2) is 14.6 Å². The summed E-state index contributed by atoms with van der Waals surface area (Å²) in [6.07, 6.45) is 1.59. The zero-order valence-electron chi connectivity index (χ0n) is 14.2. The standard InChI is InChI=1S/C18H18ClN3O3/c1-11-10-21(16-12(2)15(19)7-8-20-16)18(24)22(11)14-6-4-5-13(9-14)17(23)25-3/h4-9,11H,10H2,1-3H3/t11-/m0/s1. The predicted molar refractivity (Wildman–Crippen MR) is 96.4 cm³/mol. The van der Waals surface area contributed by atoms with Crippen LogP contribution in [0.25, 0.3) is 0 Å². The third-order valence-electron chi connectivity index (χ3n) is 4.24. The van der Waals surface area contributed by atoms with Crippen molar-refractivity contribution in [3.8, 4) is 0 Å². The summed E-state index contributed by atoms with van der Waals surface area (Å²) in [5, 5.41) is 0.566. The molecule has 1 aliphatic rings. The molecule has 0 unspecified atom stereocenters. The highest BCUT2D eigenvalue weighted by atomic mass is 35.5. The van der Waals surface area contributed by atoms with Crippen LogP contribution in [0.4, 0.5) is 16.3 Å². The van der Waals surface area contributed by atoms with Crippen molar-refractivity contribution in [2.75, 3.05) is 23.5 Å². The number of amides is 2. The van der Waals surface area contributed by atoms with E-state index in [1.54, 1.807) is 46.3 Å². The number of rotatable bonds is 3. The molecule has 7 heteroatoms. The van der Waals surface area contributed by atoms with Crippen LogP contribution in [0, 0.1) is 6.92 Å². The van der Waals surface area contributed by atoms with Crippen molar-refractivity contribution in [2.45, 2.75) is 19.9 Å². The van der Waals surface area contributed by atoms with Crippen LogP contribution < -0.4 is 9.80 Å². The molecule has 0 spiro atoms. The van der Waals surface area contributed by atoms with E-state index in [2.05, 4.69) is 4.98 Å². The summed E-state index contributed by atoms with van der Waals surface area (Å²) in [7, 11) is 1.33. The molecule has 6 nitrogen and oxygen atoms in total. The molecule has 1 saturated heterocycles. The quantitative estimate of drug-likeness (QED) is 0.784. The number of urea groups is 1. The first kappa shape index (κ1) is 17.2. The van der Waals surface area contributed by atoms with Crippen LogP contribution in [-0.4, -0.2) is 36.7 Å². The fourth-order valence-corrected chi connectivity index (χ4v) is 3.10. The maximum atomic E-state index is 13.0. The van der Waals surface area contributed by atoms with E-state index in [9.17, 15) is 9.59 Å². The van der Waals surface area contributed by atoms with E-state index in [1.165, 1.54) is 7.11 Å². The van der Waals surface area contributed by atoms with Crippen molar-refractivity contribution in [3.63, 3.8) is 0 Å². The lowest BCUT2D eigenvalue weighted by Gasteiger charge is -2.21. The number of methoxy groups -OCH3 is 1. The van der Waals surface area contributed by atoms with E-state index in [0.29, 0.717) is 28.6 Å². The lowest BCUT2D eigenvalue weighted by molar-refractivity contribution is 0.0600. The molecular formula is C18H18ClN3O3. The van der Waals surface area contributed by atoms with E-state index in [4.69, 9.17) is 16.3 Å². The van der Waals surface area contributed by atoms with Crippen LogP contribution in [-0.2, 0) is 4.74 Å². The number of esters is 1. The first-order chi connectivity index (χ1) is 11.9. The summed E-state index contributed by atoms with van der Waals surface area (Å²) in [6.45, 7) is 4.27. The SMILES string of the molecule is COC(=O)c1cccc(N2C(=O)N(c3nccc(Cl)c3C)C[C@@H]2C)c1. The lowest BCUT2D eigenvalue weighted by atomic mass is 10.1. The van der Waals surface area contributed by atoms with Gasteiger partial charge in [0.1, 0.15) is 5.82 Å². The van der Waals surface area contributed by atoms with Crippen LogP contribution in [0.15, 0.2) is 36.5 Å². The average molecular weight is 360 g/mol. The molecule has 2 heterocycles. The zero-order chi connectivity index (χ0) is 18.1. The molecule has 0 N–H and O–H groups in total. The molecule has 130 valence electrons. The molecule has 1 atom stereocenters. The van der Waals surface area contributed by atoms with Gasteiger partial charge in [-0.15, -0.1) is 0 Å². The predicted octanol–water partition coefficient (Wildman–Crippen LogP) is 3.67. The van der Waals surface area contributed by atoms with Gasteiger partial charge in [0.15, 0.2) is 0 Å². The molecule has 0 bridgehead atoms. The Kier molecular flexibility index (Phi) is 4.63. The molecule has 1 aromatic heterocycles. The molecule has 25 heavy (non-hydrogen) atoms. The van der Waals surface area contributed by atoms with Gasteiger partial charge >= 0.3 is 12.0 Å². The normalized spacial score (nSPS) is 17.1. The molecule has 0 saturated carbocycles. The Morgan fingerprint density at radius 3 is 2.84 bits per heavy atom. The van der Waals surface area contributed by atoms with Crippen LogP contribution >= 0.6 is 11.6 Å². The largest absolute Gasteiger partial charge is 0.465 e. The molecular weight excluding hydrogens is 342 g/mol. The van der Waals surface area contributed by atoms with Gasteiger partial charge in [-0.1, -0.05) is 17.7 Å². The Balaban J connectivity index is 1.96. The molecule has 3 rings (SSSR count). The number of anilines is 2. The smallest absolute Gasteiger partial charge is 0.337 e. The number of pyridine rings is 1. The van der Waals surface area contributed by atoms with E-state index in [-0.39, 0.29) is 12.1 Å². The number of carbonyl (C=O) groups excluding carboxylic acids is 2. The topological polar surface area (TPSA) is 62.7 Å². The van der Waals surface area contributed by atoms with Crippen molar-refractivity contribution in [2.24, 2.45) is 0 Å². The highest BCUT2D eigenvalue weighted by Gasteiger charge is 2.38. The van der Waals surface area contributed by atoms with E-state index < -0.39 is 5.97 Å². The average Bonchev–Trinajstić information content (AvgIpc) is 2.91. The van der Waals surface area contributed by atoms with Crippen LogP contribution in [0.3, 0.4) is 0 Å². The number of halogens is 1. The second kappa shape index (κ2) is 6.72. The van der Waals surface area contributed by atoms with Crippen molar-refractivity contribution >= 4 is 35.1 Å². The number of hydrogen-bond donors (Lipinski definition) is 0. The number of hydrogen-bond acceptors (Lipinski definition) is 4. The number of benzene rings is 1. The summed E-state index contributed by atoms with van der Waals surface area (Å²) in [6, 6.07) is 8.24. The Morgan fingerprint density at radius 1 is 1.36 bits per heavy atom. The van der Waals surface area contributed by atoms with Crippen molar-refractivity contribution in [3.05, 3.63) is 52.7 Å². The second-order valence-electron chi connectivity index (χ2n) is 5.90. The van der Waals surface area contributed by atoms with Gasteiger partial charge in [-0.05, 0) is 38.1 Å². The van der Waals surface area contributed by atoms with E-state index in [0.717, 1.165) is 5.56 Å². The lowest BCUT2D eigenvalue weighted by Crippen LogP contribution is -2.34. The van der Waals surface area contributed by atoms with Crippen LogP contribution in [0.1, 0.15) is 22.8 Å². The number of ether oxygens (including phenoxy) is 1. The molecule has 1 aromatic carbocycles. The van der Waals surface area contributed by atoms with Crippen molar-refractivity contribution in [1.82, 2.24) is 4.98 Å². The van der Waals surface area contributed by atoms with Gasteiger partial charge in [-0.2, -0.15) is 0 Å². The van der Waals surface area contributed by atoms with Crippen molar-refractivity contribution < 1.29 is 14.3 Å². The molecule has 1 aliphatic heterocycles. The first-order valence-corrected chi connectivity index (χ1v) is 8.22. The summed E-state index contributed by atoms with van der Waals surface area (Å²) in [5.74, 6) is 0.112. The Morgan fingerprint density at radius 2 is 2.12 bits per heavy atom. The van der Waals surface area contributed by atoms with Crippen LogP contribution in [0.5, 0.6) is 0 Å². The third kappa shape index (κ3) is 3.05. The van der Waals surface area contributed by atoms with Gasteiger partial charge in [0.25, 0.3) is 0 Å². The third-order valence-corrected chi connectivity index (χ3v) is 4.65. The summed E-state index contributed by atoms with van der Waals surface area (Å²) >= 11 is 6.16. The van der Waals surface area contributed by atoms with Gasteiger partial charge in [-0.3, -0.25) is 9.80 Å². The summed E-state index contributed by atoms with van der Waals surface area (Å²) in [5.41, 5.74) is 1.80. The maximum absolute atomic E-state index is 13.0. The second-order valence-corrected chi connectivity index (χ2v) is 6.30. The first-order valence-electron chi connectivity index (χ1n) is 7.84. The maximum Gasteiger partial charge on any atom is 0.337 e. The molecule has 2 amide bonds. The minimum Gasteiger partial charge on any atom is -0.465 e. The van der Waals surface area contributed by atoms with E-state index >= 15 is 0 Å². The number of nitrogens with zero attached hydrogens (tertiary/aromatic N) is 3. The fraction of sp³-hybridized carbons (Fsp3) is 0.278. The number of aromatic nitrogens is 1. The molecule has 2 aromatic rings. The molecule has 1 fully saturated rings. The van der Waals surface area contributed by atoms with Crippen LogP contribution in [0.2, 0.25) is 5.02 Å². The highest BCUT2D eigenvalue weighted by Crippen LogP contribution is 2.31.